The van der Waals surface area contributed by atoms with Crippen LogP contribution in [0.2, 0.25) is 0 Å². The van der Waals surface area contributed by atoms with E-state index in [1.54, 1.807) is 0 Å². The third-order valence-corrected chi connectivity index (χ3v) is 1.48. The minimum absolute atomic E-state index is 0.402. The zero-order valence-corrected chi connectivity index (χ0v) is 8.14. The van der Waals surface area contributed by atoms with Gasteiger partial charge in [0, 0.05) is 16.8 Å². The standard InChI is InChI=1S/C7H13IO/c1-3-4-7(9)5-6(2)8/h6H,3-5H2,1-2H3/t6-/m0/s1. The van der Waals surface area contributed by atoms with Gasteiger partial charge in [0.25, 0.3) is 0 Å². The van der Waals surface area contributed by atoms with E-state index in [0.29, 0.717) is 9.71 Å². The van der Waals surface area contributed by atoms with Crippen LogP contribution >= 0.6 is 22.6 Å². The topological polar surface area (TPSA) is 17.1 Å². The maximum atomic E-state index is 10.8. The molecule has 0 aromatic rings. The van der Waals surface area contributed by atoms with Crippen LogP contribution < -0.4 is 0 Å². The Hall–Kier alpha value is 0.400. The fraction of sp³-hybridized carbons (Fsp3) is 0.857. The van der Waals surface area contributed by atoms with Gasteiger partial charge in [-0.25, -0.2) is 0 Å². The van der Waals surface area contributed by atoms with Crippen LogP contribution in [0.1, 0.15) is 33.1 Å². The van der Waals surface area contributed by atoms with Gasteiger partial charge >= 0.3 is 0 Å². The maximum Gasteiger partial charge on any atom is 0.133 e. The number of alkyl halides is 1. The summed E-state index contributed by atoms with van der Waals surface area (Å²) in [7, 11) is 0. The highest BCUT2D eigenvalue weighted by molar-refractivity contribution is 14.1. The van der Waals surface area contributed by atoms with E-state index in [9.17, 15) is 4.79 Å². The van der Waals surface area contributed by atoms with Crippen molar-refractivity contribution in [2.24, 2.45) is 0 Å². The normalized spacial score (nSPS) is 13.2. The van der Waals surface area contributed by atoms with Crippen LogP contribution in [0.5, 0.6) is 0 Å². The lowest BCUT2D eigenvalue weighted by atomic mass is 10.1. The van der Waals surface area contributed by atoms with Crippen molar-refractivity contribution in [2.45, 2.75) is 37.0 Å². The van der Waals surface area contributed by atoms with E-state index >= 15 is 0 Å². The van der Waals surface area contributed by atoms with Crippen LogP contribution in [0.3, 0.4) is 0 Å². The molecule has 54 valence electrons. The number of Topliss-reactive ketones (excluding diaryl/α,β-unsaturated/α-hetero) is 1. The quantitative estimate of drug-likeness (QED) is 0.545. The molecular weight excluding hydrogens is 227 g/mol. The summed E-state index contributed by atoms with van der Waals surface area (Å²) >= 11 is 2.28. The molecule has 1 nitrogen and oxygen atoms in total. The summed E-state index contributed by atoms with van der Waals surface area (Å²) in [6, 6.07) is 0. The van der Waals surface area contributed by atoms with E-state index in [4.69, 9.17) is 0 Å². The Labute approximate surface area is 70.4 Å². The van der Waals surface area contributed by atoms with Crippen molar-refractivity contribution >= 4 is 28.4 Å². The number of hydrogen-bond acceptors (Lipinski definition) is 1. The molecule has 0 saturated heterocycles. The average Bonchev–Trinajstić information content (AvgIpc) is 1.63. The van der Waals surface area contributed by atoms with Gasteiger partial charge in [-0.1, -0.05) is 36.4 Å². The van der Waals surface area contributed by atoms with Crippen LogP contribution in [-0.4, -0.2) is 9.71 Å². The first-order valence-electron chi connectivity index (χ1n) is 3.32. The maximum absolute atomic E-state index is 10.8. The molecule has 0 aliphatic rings. The lowest BCUT2D eigenvalue weighted by Gasteiger charge is -1.98. The van der Waals surface area contributed by atoms with Gasteiger partial charge < -0.3 is 0 Å². The first-order valence-corrected chi connectivity index (χ1v) is 4.57. The highest BCUT2D eigenvalue weighted by Gasteiger charge is 2.03. The van der Waals surface area contributed by atoms with Gasteiger partial charge in [0.2, 0.25) is 0 Å². The van der Waals surface area contributed by atoms with E-state index in [-0.39, 0.29) is 0 Å². The smallest absolute Gasteiger partial charge is 0.133 e. The number of halogens is 1. The lowest BCUT2D eigenvalue weighted by molar-refractivity contribution is -0.118. The molecule has 0 amide bonds. The average molecular weight is 240 g/mol. The number of rotatable bonds is 4. The third-order valence-electron chi connectivity index (χ3n) is 1.04. The van der Waals surface area contributed by atoms with E-state index in [0.717, 1.165) is 19.3 Å². The molecule has 0 saturated carbocycles. The number of carbonyl (C=O) groups is 1. The highest BCUT2D eigenvalue weighted by atomic mass is 127. The molecule has 0 rings (SSSR count). The number of hydrogen-bond donors (Lipinski definition) is 0. The molecule has 0 N–H and O–H groups in total. The van der Waals surface area contributed by atoms with Crippen LogP contribution in [0.25, 0.3) is 0 Å². The Bertz CT molecular complexity index is 88.9. The second kappa shape index (κ2) is 5.21. The predicted molar refractivity (Wildman–Crippen MR) is 48.0 cm³/mol. The fourth-order valence-corrected chi connectivity index (χ4v) is 1.19. The Morgan fingerprint density at radius 3 is 2.56 bits per heavy atom. The van der Waals surface area contributed by atoms with Crippen LogP contribution in [0.15, 0.2) is 0 Å². The summed E-state index contributed by atoms with van der Waals surface area (Å²) in [4.78, 5) is 10.8. The number of carbonyl (C=O) groups excluding carboxylic acids is 1. The minimum Gasteiger partial charge on any atom is -0.300 e. The zero-order valence-electron chi connectivity index (χ0n) is 5.98. The SMILES string of the molecule is CCCC(=O)C[C@H](C)I. The van der Waals surface area contributed by atoms with Gasteiger partial charge in [-0.3, -0.25) is 4.79 Å². The van der Waals surface area contributed by atoms with Gasteiger partial charge in [-0.2, -0.15) is 0 Å². The predicted octanol–water partition coefficient (Wildman–Crippen LogP) is 2.57. The third kappa shape index (κ3) is 6.28. The molecule has 0 fully saturated rings. The molecule has 0 bridgehead atoms. The monoisotopic (exact) mass is 240 g/mol. The van der Waals surface area contributed by atoms with Gasteiger partial charge in [-0.05, 0) is 6.42 Å². The molecule has 9 heavy (non-hydrogen) atoms. The second-order valence-corrected chi connectivity index (χ2v) is 4.40. The summed E-state index contributed by atoms with van der Waals surface area (Å²) in [6.07, 6.45) is 2.49. The summed E-state index contributed by atoms with van der Waals surface area (Å²) in [6.45, 7) is 4.10. The highest BCUT2D eigenvalue weighted by Crippen LogP contribution is 2.06. The van der Waals surface area contributed by atoms with Gasteiger partial charge in [0.05, 0.1) is 0 Å². The van der Waals surface area contributed by atoms with Gasteiger partial charge in [0.1, 0.15) is 5.78 Å². The van der Waals surface area contributed by atoms with E-state index in [1.807, 2.05) is 6.92 Å². The van der Waals surface area contributed by atoms with Crippen LogP contribution in [0.4, 0.5) is 0 Å². The van der Waals surface area contributed by atoms with Crippen molar-refractivity contribution in [1.82, 2.24) is 0 Å². The van der Waals surface area contributed by atoms with Crippen molar-refractivity contribution in [3.05, 3.63) is 0 Å². The molecule has 0 aliphatic carbocycles. The lowest BCUT2D eigenvalue weighted by Crippen LogP contribution is -2.02. The minimum atomic E-state index is 0.402. The Kier molecular flexibility index (Phi) is 5.44. The van der Waals surface area contributed by atoms with Crippen molar-refractivity contribution in [3.8, 4) is 0 Å². The molecular formula is C7H13IO. The summed E-state index contributed by atoms with van der Waals surface area (Å²) in [5, 5.41) is 0. The van der Waals surface area contributed by atoms with E-state index in [2.05, 4.69) is 29.5 Å². The summed E-state index contributed by atoms with van der Waals surface area (Å²) in [5.41, 5.74) is 0. The molecule has 2 heteroatoms. The Balaban J connectivity index is 3.27. The van der Waals surface area contributed by atoms with Crippen molar-refractivity contribution in [1.29, 1.82) is 0 Å². The molecule has 0 aromatic carbocycles. The molecule has 0 aromatic heterocycles. The largest absolute Gasteiger partial charge is 0.300 e. The molecule has 1 atom stereocenters. The van der Waals surface area contributed by atoms with Crippen LogP contribution in [0, 0.1) is 0 Å². The zero-order chi connectivity index (χ0) is 7.28. The first-order chi connectivity index (χ1) is 4.16. The number of ketones is 1. The molecule has 0 radical (unpaired) electrons. The van der Waals surface area contributed by atoms with E-state index < -0.39 is 0 Å². The van der Waals surface area contributed by atoms with Crippen molar-refractivity contribution in [2.75, 3.05) is 0 Å². The molecule has 0 spiro atoms. The van der Waals surface area contributed by atoms with Crippen molar-refractivity contribution < 1.29 is 4.79 Å². The second-order valence-electron chi connectivity index (χ2n) is 2.27. The van der Waals surface area contributed by atoms with Gasteiger partial charge in [-0.15, -0.1) is 0 Å². The van der Waals surface area contributed by atoms with Crippen LogP contribution in [-0.2, 0) is 4.79 Å². The summed E-state index contributed by atoms with van der Waals surface area (Å²) in [5.74, 6) is 0.402. The first kappa shape index (κ1) is 9.40. The Morgan fingerprint density at radius 2 is 2.22 bits per heavy atom. The Morgan fingerprint density at radius 1 is 1.67 bits per heavy atom. The summed E-state index contributed by atoms with van der Waals surface area (Å²) < 4.78 is 0.502. The van der Waals surface area contributed by atoms with Gasteiger partial charge in [0.15, 0.2) is 0 Å². The van der Waals surface area contributed by atoms with E-state index in [1.165, 1.54) is 0 Å². The molecule has 0 heterocycles. The fourth-order valence-electron chi connectivity index (χ4n) is 0.695. The molecule has 0 unspecified atom stereocenters. The van der Waals surface area contributed by atoms with Crippen molar-refractivity contribution in [3.63, 3.8) is 0 Å². The molecule has 0 aliphatic heterocycles.